The van der Waals surface area contributed by atoms with Crippen LogP contribution >= 0.6 is 11.8 Å². The van der Waals surface area contributed by atoms with Gasteiger partial charge in [-0.1, -0.05) is 67.1 Å². The number of aromatic carboxylic acids is 1. The van der Waals surface area contributed by atoms with Crippen LogP contribution in [0.4, 0.5) is 0 Å². The van der Waals surface area contributed by atoms with E-state index in [0.29, 0.717) is 31.7 Å². The van der Waals surface area contributed by atoms with Gasteiger partial charge in [0.1, 0.15) is 0 Å². The normalized spacial score (nSPS) is 17.2. The zero-order valence-electron chi connectivity index (χ0n) is 28.2. The van der Waals surface area contributed by atoms with Gasteiger partial charge in [-0.05, 0) is 77.1 Å². The van der Waals surface area contributed by atoms with Crippen LogP contribution < -0.4 is 10.6 Å². The van der Waals surface area contributed by atoms with E-state index in [2.05, 4.69) is 22.8 Å². The van der Waals surface area contributed by atoms with Crippen LogP contribution in [0.25, 0.3) is 11.1 Å². The van der Waals surface area contributed by atoms with Crippen molar-refractivity contribution in [3.05, 3.63) is 125 Å². The van der Waals surface area contributed by atoms with Gasteiger partial charge in [0.2, 0.25) is 11.8 Å². The van der Waals surface area contributed by atoms with Gasteiger partial charge in [-0.2, -0.15) is 0 Å². The summed E-state index contributed by atoms with van der Waals surface area (Å²) in [5, 5.41) is 24.6. The van der Waals surface area contributed by atoms with Crippen molar-refractivity contribution in [3.8, 4) is 11.1 Å². The number of rotatable bonds is 16. The van der Waals surface area contributed by atoms with Gasteiger partial charge in [0.25, 0.3) is 0 Å². The quantitative estimate of drug-likeness (QED) is 0.0715. The van der Waals surface area contributed by atoms with Gasteiger partial charge >= 0.3 is 5.97 Å². The highest BCUT2D eigenvalue weighted by Gasteiger charge is 2.32. The van der Waals surface area contributed by atoms with E-state index in [1.165, 1.54) is 6.92 Å². The van der Waals surface area contributed by atoms with Crippen LogP contribution in [-0.4, -0.2) is 46.4 Å². The minimum Gasteiger partial charge on any atom is -0.478 e. The predicted octanol–water partition coefficient (Wildman–Crippen LogP) is 7.19. The molecule has 1 saturated heterocycles. The average Bonchev–Trinajstić information content (AvgIpc) is 3.14. The van der Waals surface area contributed by atoms with Crippen LogP contribution in [0.3, 0.4) is 0 Å². The number of hydrogen-bond acceptors (Lipinski definition) is 7. The molecule has 2 amide bonds. The number of carboxylic acids is 1. The molecule has 262 valence electrons. The molecule has 5 rings (SSSR count). The van der Waals surface area contributed by atoms with E-state index in [1.807, 2.05) is 72.8 Å². The fraction of sp³-hybridized carbons (Fsp3) is 0.325. The Bertz CT molecular complexity index is 1730. The maximum Gasteiger partial charge on any atom is 0.335 e. The van der Waals surface area contributed by atoms with E-state index >= 15 is 0 Å². The third kappa shape index (κ3) is 11.0. The Hall–Kier alpha value is -4.48. The van der Waals surface area contributed by atoms with Gasteiger partial charge in [-0.25, -0.2) is 4.79 Å². The van der Waals surface area contributed by atoms with Crippen molar-refractivity contribution in [3.63, 3.8) is 0 Å². The number of hydrogen-bond donors (Lipinski definition) is 4. The molecule has 9 nitrogen and oxygen atoms in total. The second-order valence-corrected chi connectivity index (χ2v) is 13.5. The average molecular weight is 697 g/mol. The van der Waals surface area contributed by atoms with Crippen molar-refractivity contribution in [2.75, 3.05) is 12.3 Å². The molecule has 1 aliphatic rings. The summed E-state index contributed by atoms with van der Waals surface area (Å²) >= 11 is 1.61. The number of aliphatic hydroxyl groups excluding tert-OH is 1. The number of nitrogens with one attached hydrogen (secondary N) is 2. The number of benzene rings is 4. The predicted molar refractivity (Wildman–Crippen MR) is 193 cm³/mol. The number of amides is 2. The molecule has 0 spiro atoms. The first-order chi connectivity index (χ1) is 24.3. The van der Waals surface area contributed by atoms with Crippen LogP contribution in [0, 0.1) is 0 Å². The molecule has 4 aromatic carbocycles. The minimum absolute atomic E-state index is 0.00840. The number of ether oxygens (including phenoxy) is 2. The van der Waals surface area contributed by atoms with E-state index in [1.54, 1.807) is 23.9 Å². The summed E-state index contributed by atoms with van der Waals surface area (Å²) in [4.78, 5) is 35.7. The zero-order valence-corrected chi connectivity index (χ0v) is 29.0. The van der Waals surface area contributed by atoms with Crippen LogP contribution in [-0.2, 0) is 32.2 Å². The van der Waals surface area contributed by atoms with Gasteiger partial charge in [-0.15, -0.1) is 11.8 Å². The van der Waals surface area contributed by atoms with Crippen molar-refractivity contribution < 1.29 is 34.1 Å². The first kappa shape index (κ1) is 36.8. The largest absolute Gasteiger partial charge is 0.478 e. The van der Waals surface area contributed by atoms with Crippen molar-refractivity contribution in [2.45, 2.75) is 75.6 Å². The molecular formula is C40H44N2O7S. The summed E-state index contributed by atoms with van der Waals surface area (Å²) in [5.41, 5.74) is 5.99. The number of carbonyl (C=O) groups is 3. The molecule has 0 saturated carbocycles. The Morgan fingerprint density at radius 1 is 0.800 bits per heavy atom. The Morgan fingerprint density at radius 3 is 2.26 bits per heavy atom. The van der Waals surface area contributed by atoms with E-state index in [0.717, 1.165) is 57.5 Å². The van der Waals surface area contributed by atoms with Gasteiger partial charge < -0.3 is 30.3 Å². The third-order valence-corrected chi connectivity index (χ3v) is 9.66. The Morgan fingerprint density at radius 2 is 1.54 bits per heavy atom. The van der Waals surface area contributed by atoms with E-state index in [4.69, 9.17) is 9.47 Å². The van der Waals surface area contributed by atoms with E-state index in [-0.39, 0.29) is 36.2 Å². The summed E-state index contributed by atoms with van der Waals surface area (Å²) < 4.78 is 13.1. The molecule has 0 radical (unpaired) electrons. The topological polar surface area (TPSA) is 134 Å². The first-order valence-electron chi connectivity index (χ1n) is 16.9. The molecule has 50 heavy (non-hydrogen) atoms. The van der Waals surface area contributed by atoms with Crippen LogP contribution in [0.5, 0.6) is 0 Å². The fourth-order valence-electron chi connectivity index (χ4n) is 5.77. The Kier molecular flexibility index (Phi) is 13.6. The lowest BCUT2D eigenvalue weighted by Crippen LogP contribution is -2.31. The second kappa shape index (κ2) is 18.5. The molecule has 1 fully saturated rings. The van der Waals surface area contributed by atoms with Gasteiger partial charge in [0.05, 0.1) is 24.4 Å². The molecule has 0 aromatic heterocycles. The Balaban J connectivity index is 1.24. The van der Waals surface area contributed by atoms with Gasteiger partial charge in [-0.3, -0.25) is 9.59 Å². The molecule has 0 bridgehead atoms. The summed E-state index contributed by atoms with van der Waals surface area (Å²) in [6, 6.07) is 30.9. The van der Waals surface area contributed by atoms with E-state index in [9.17, 15) is 24.6 Å². The maximum absolute atomic E-state index is 12.4. The molecule has 4 aromatic rings. The molecule has 3 atom stereocenters. The molecular weight excluding hydrogens is 653 g/mol. The van der Waals surface area contributed by atoms with Crippen LogP contribution in [0.15, 0.2) is 102 Å². The zero-order chi connectivity index (χ0) is 35.3. The molecule has 4 N–H and O–H groups in total. The number of unbranched alkanes of at least 4 members (excludes halogenated alkanes) is 2. The lowest BCUT2D eigenvalue weighted by atomic mass is 9.99. The van der Waals surface area contributed by atoms with Crippen molar-refractivity contribution >= 4 is 29.5 Å². The molecule has 1 aliphatic heterocycles. The monoisotopic (exact) mass is 696 g/mol. The number of thioether (sulfide) groups is 1. The summed E-state index contributed by atoms with van der Waals surface area (Å²) in [6.07, 6.45) is 2.61. The molecule has 10 heteroatoms. The van der Waals surface area contributed by atoms with Crippen LogP contribution in [0.2, 0.25) is 0 Å². The highest BCUT2D eigenvalue weighted by Crippen LogP contribution is 2.40. The highest BCUT2D eigenvalue weighted by atomic mass is 32.2. The SMILES string of the molecule is CC(=O)NCCCCCC(=O)NCc1cccc(-c2cccc(C3OC(CSc4ccc(C(=O)O)cc4)CC(c4ccc(CO)cc4)O3)c2)c1. The molecule has 1 heterocycles. The van der Waals surface area contributed by atoms with Gasteiger partial charge in [0.15, 0.2) is 6.29 Å². The lowest BCUT2D eigenvalue weighted by molar-refractivity contribution is -0.245. The van der Waals surface area contributed by atoms with Crippen molar-refractivity contribution in [2.24, 2.45) is 0 Å². The van der Waals surface area contributed by atoms with Crippen molar-refractivity contribution in [1.29, 1.82) is 0 Å². The van der Waals surface area contributed by atoms with Crippen LogP contribution in [0.1, 0.15) is 84.0 Å². The lowest BCUT2D eigenvalue weighted by Gasteiger charge is -2.36. The molecule has 0 aliphatic carbocycles. The summed E-state index contributed by atoms with van der Waals surface area (Å²) in [5.74, 6) is -0.325. The number of aliphatic hydroxyl groups is 1. The highest BCUT2D eigenvalue weighted by molar-refractivity contribution is 7.99. The smallest absolute Gasteiger partial charge is 0.335 e. The number of carbonyl (C=O) groups excluding carboxylic acids is 2. The molecule has 3 unspecified atom stereocenters. The standard InChI is InChI=1S/C40H44N2O7S/c1-27(44)41-20-4-2-3-11-38(45)42-24-29-7-5-8-32(21-29)33-9-6-10-34(22-33)40-48-35(26-50-36-18-16-31(17-19-36)39(46)47)23-37(49-40)30-14-12-28(25-43)13-15-30/h5-10,12-19,21-22,35,37,40,43H,2-4,11,20,23-26H2,1H3,(H,41,44)(H,42,45)(H,46,47). The third-order valence-electron chi connectivity index (χ3n) is 8.52. The van der Waals surface area contributed by atoms with E-state index < -0.39 is 12.3 Å². The number of carboxylic acid groups (broad SMARTS) is 1. The summed E-state index contributed by atoms with van der Waals surface area (Å²) in [7, 11) is 0. The maximum atomic E-state index is 12.4. The summed E-state index contributed by atoms with van der Waals surface area (Å²) in [6.45, 7) is 2.54. The minimum atomic E-state index is -0.952. The van der Waals surface area contributed by atoms with Crippen molar-refractivity contribution in [1.82, 2.24) is 10.6 Å². The second-order valence-electron chi connectivity index (χ2n) is 12.4. The Labute approximate surface area is 297 Å². The first-order valence-corrected chi connectivity index (χ1v) is 17.9. The van der Waals surface area contributed by atoms with Gasteiger partial charge in [0, 0.05) is 49.1 Å². The fourth-order valence-corrected chi connectivity index (χ4v) is 6.69.